The average Bonchev–Trinajstić information content (AvgIpc) is 2.38. The van der Waals surface area contributed by atoms with Gasteiger partial charge in [-0.05, 0) is 25.1 Å². The van der Waals surface area contributed by atoms with E-state index in [0.717, 1.165) is 0 Å². The predicted molar refractivity (Wildman–Crippen MR) is 80.0 cm³/mol. The number of benzene rings is 1. The molecule has 0 radical (unpaired) electrons. The van der Waals surface area contributed by atoms with Crippen molar-refractivity contribution in [1.29, 1.82) is 0 Å². The highest BCUT2D eigenvalue weighted by atomic mass is 35.5. The van der Waals surface area contributed by atoms with E-state index in [4.69, 9.17) is 17.3 Å². The summed E-state index contributed by atoms with van der Waals surface area (Å²) in [5, 5.41) is 3.37. The van der Waals surface area contributed by atoms with Crippen LogP contribution in [0.15, 0.2) is 18.2 Å². The van der Waals surface area contributed by atoms with E-state index in [1.807, 2.05) is 13.8 Å². The number of anilines is 3. The lowest BCUT2D eigenvalue weighted by Gasteiger charge is -2.14. The molecule has 6 heteroatoms. The molecule has 0 amide bonds. The van der Waals surface area contributed by atoms with E-state index in [9.17, 15) is 4.39 Å². The molecule has 0 spiro atoms. The molecule has 0 bridgehead atoms. The van der Waals surface area contributed by atoms with E-state index >= 15 is 0 Å². The van der Waals surface area contributed by atoms with Gasteiger partial charge in [0.05, 0.1) is 5.69 Å². The Morgan fingerprint density at radius 1 is 1.30 bits per heavy atom. The quantitative estimate of drug-likeness (QED) is 0.897. The number of hydrogen-bond acceptors (Lipinski definition) is 4. The third kappa shape index (κ3) is 2.99. The molecular weight excluding hydrogens is 279 g/mol. The minimum atomic E-state index is -0.405. The van der Waals surface area contributed by atoms with Gasteiger partial charge in [0.15, 0.2) is 0 Å². The van der Waals surface area contributed by atoms with Crippen LogP contribution in [0.3, 0.4) is 0 Å². The Labute approximate surface area is 122 Å². The number of hydrogen-bond donors (Lipinski definition) is 2. The number of aromatic nitrogens is 2. The largest absolute Gasteiger partial charge is 0.383 e. The van der Waals surface area contributed by atoms with Gasteiger partial charge in [-0.3, -0.25) is 0 Å². The minimum absolute atomic E-state index is 0.127. The van der Waals surface area contributed by atoms with Crippen LogP contribution in [0.1, 0.15) is 31.2 Å². The van der Waals surface area contributed by atoms with Crippen molar-refractivity contribution in [2.24, 2.45) is 0 Å². The molecule has 4 nitrogen and oxygen atoms in total. The van der Waals surface area contributed by atoms with E-state index in [0.29, 0.717) is 28.0 Å². The molecule has 0 aliphatic rings. The van der Waals surface area contributed by atoms with Crippen LogP contribution < -0.4 is 11.1 Å². The van der Waals surface area contributed by atoms with E-state index in [-0.39, 0.29) is 11.6 Å². The van der Waals surface area contributed by atoms with Crippen molar-refractivity contribution in [2.45, 2.75) is 26.7 Å². The minimum Gasteiger partial charge on any atom is -0.383 e. The monoisotopic (exact) mass is 294 g/mol. The molecule has 0 atom stereocenters. The molecule has 2 aromatic rings. The Bertz CT molecular complexity index is 643. The molecule has 0 saturated heterocycles. The fourth-order valence-corrected chi connectivity index (χ4v) is 1.82. The SMILES string of the molecule is Cc1c(N)nc(C(C)C)nc1Nc1cc(Cl)ccc1F. The van der Waals surface area contributed by atoms with Crippen molar-refractivity contribution in [3.8, 4) is 0 Å². The Balaban J connectivity index is 2.45. The van der Waals surface area contributed by atoms with Gasteiger partial charge in [-0.25, -0.2) is 14.4 Å². The predicted octanol–water partition coefficient (Wildman–Crippen LogP) is 4.03. The normalized spacial score (nSPS) is 10.9. The average molecular weight is 295 g/mol. The summed E-state index contributed by atoms with van der Waals surface area (Å²) in [6, 6.07) is 4.29. The number of nitrogens with zero attached hydrogens (tertiary/aromatic N) is 2. The van der Waals surface area contributed by atoms with Crippen LogP contribution in [0, 0.1) is 12.7 Å². The maximum absolute atomic E-state index is 13.8. The number of nitrogen functional groups attached to an aromatic ring is 1. The Morgan fingerprint density at radius 3 is 2.65 bits per heavy atom. The van der Waals surface area contributed by atoms with Crippen LogP contribution >= 0.6 is 11.6 Å². The summed E-state index contributed by atoms with van der Waals surface area (Å²) in [5.41, 5.74) is 6.80. The van der Waals surface area contributed by atoms with Crippen LogP contribution in [0.2, 0.25) is 5.02 Å². The summed E-state index contributed by atoms with van der Waals surface area (Å²) in [4.78, 5) is 8.61. The first-order valence-corrected chi connectivity index (χ1v) is 6.62. The first-order valence-electron chi connectivity index (χ1n) is 6.24. The van der Waals surface area contributed by atoms with Crippen LogP contribution in [0.25, 0.3) is 0 Å². The van der Waals surface area contributed by atoms with Crippen LogP contribution in [0.4, 0.5) is 21.7 Å². The molecule has 106 valence electrons. The van der Waals surface area contributed by atoms with Gasteiger partial charge in [-0.2, -0.15) is 0 Å². The third-order valence-corrected chi connectivity index (χ3v) is 3.13. The topological polar surface area (TPSA) is 63.8 Å². The van der Waals surface area contributed by atoms with Crippen molar-refractivity contribution in [1.82, 2.24) is 9.97 Å². The van der Waals surface area contributed by atoms with Crippen molar-refractivity contribution in [3.05, 3.63) is 40.4 Å². The third-order valence-electron chi connectivity index (χ3n) is 2.90. The van der Waals surface area contributed by atoms with Gasteiger partial charge in [0.2, 0.25) is 0 Å². The van der Waals surface area contributed by atoms with Gasteiger partial charge in [0.1, 0.15) is 23.3 Å². The fraction of sp³-hybridized carbons (Fsp3) is 0.286. The zero-order chi connectivity index (χ0) is 14.9. The summed E-state index contributed by atoms with van der Waals surface area (Å²) in [7, 11) is 0. The summed E-state index contributed by atoms with van der Waals surface area (Å²) in [6.45, 7) is 5.71. The van der Waals surface area contributed by atoms with Gasteiger partial charge in [0.25, 0.3) is 0 Å². The number of nitrogens with one attached hydrogen (secondary N) is 1. The molecule has 2 rings (SSSR count). The number of halogens is 2. The van der Waals surface area contributed by atoms with Gasteiger partial charge in [-0.1, -0.05) is 25.4 Å². The lowest BCUT2D eigenvalue weighted by Crippen LogP contribution is -2.08. The Kier molecular flexibility index (Phi) is 4.09. The molecule has 0 fully saturated rings. The van der Waals surface area contributed by atoms with Crippen molar-refractivity contribution in [2.75, 3.05) is 11.1 Å². The molecule has 20 heavy (non-hydrogen) atoms. The highest BCUT2D eigenvalue weighted by molar-refractivity contribution is 6.30. The van der Waals surface area contributed by atoms with Gasteiger partial charge >= 0.3 is 0 Å². The summed E-state index contributed by atoms with van der Waals surface area (Å²) < 4.78 is 13.8. The highest BCUT2D eigenvalue weighted by Crippen LogP contribution is 2.27. The molecule has 1 heterocycles. The lowest BCUT2D eigenvalue weighted by atomic mass is 10.2. The van der Waals surface area contributed by atoms with Crippen molar-refractivity contribution in [3.63, 3.8) is 0 Å². The molecular formula is C14H16ClFN4. The summed E-state index contributed by atoms with van der Waals surface area (Å²) >= 11 is 5.87. The van der Waals surface area contributed by atoms with Crippen molar-refractivity contribution < 1.29 is 4.39 Å². The lowest BCUT2D eigenvalue weighted by molar-refractivity contribution is 0.631. The number of nitrogens with two attached hydrogens (primary N) is 1. The molecule has 0 unspecified atom stereocenters. The highest BCUT2D eigenvalue weighted by Gasteiger charge is 2.13. The molecule has 3 N–H and O–H groups in total. The summed E-state index contributed by atoms with van der Waals surface area (Å²) in [6.07, 6.45) is 0. The van der Waals surface area contributed by atoms with Gasteiger partial charge < -0.3 is 11.1 Å². The first kappa shape index (κ1) is 14.5. The number of rotatable bonds is 3. The maximum atomic E-state index is 13.8. The van der Waals surface area contributed by atoms with Crippen molar-refractivity contribution >= 4 is 28.9 Å². The molecule has 0 aliphatic heterocycles. The molecule has 1 aromatic carbocycles. The van der Waals surface area contributed by atoms with Crippen LogP contribution in [-0.2, 0) is 0 Å². The van der Waals surface area contributed by atoms with Gasteiger partial charge in [-0.15, -0.1) is 0 Å². The molecule has 0 saturated carbocycles. The Hall–Kier alpha value is -1.88. The van der Waals surface area contributed by atoms with Gasteiger partial charge in [0, 0.05) is 16.5 Å². The zero-order valence-corrected chi connectivity index (χ0v) is 12.3. The smallest absolute Gasteiger partial charge is 0.146 e. The second-order valence-electron chi connectivity index (χ2n) is 4.84. The van der Waals surface area contributed by atoms with Crippen LogP contribution in [0.5, 0.6) is 0 Å². The Morgan fingerprint density at radius 2 is 2.00 bits per heavy atom. The fourth-order valence-electron chi connectivity index (χ4n) is 1.65. The second-order valence-corrected chi connectivity index (χ2v) is 5.28. The molecule has 1 aromatic heterocycles. The zero-order valence-electron chi connectivity index (χ0n) is 11.5. The standard InChI is InChI=1S/C14H16ClFN4/c1-7(2)13-19-12(17)8(3)14(20-13)18-11-6-9(15)4-5-10(11)16/h4-7H,1-3H3,(H3,17,18,19,20). The molecule has 0 aliphatic carbocycles. The van der Waals surface area contributed by atoms with E-state index in [1.54, 1.807) is 6.92 Å². The van der Waals surface area contributed by atoms with E-state index in [1.165, 1.54) is 18.2 Å². The van der Waals surface area contributed by atoms with E-state index < -0.39 is 5.82 Å². The van der Waals surface area contributed by atoms with E-state index in [2.05, 4.69) is 15.3 Å². The first-order chi connectivity index (χ1) is 9.38. The van der Waals surface area contributed by atoms with Crippen LogP contribution in [-0.4, -0.2) is 9.97 Å². The maximum Gasteiger partial charge on any atom is 0.146 e. The summed E-state index contributed by atoms with van der Waals surface area (Å²) in [5.74, 6) is 1.20. The second kappa shape index (κ2) is 5.63.